The number of carbonyl (C=O) groups excluding carboxylic acids is 1. The minimum absolute atomic E-state index is 0.236. The summed E-state index contributed by atoms with van der Waals surface area (Å²) < 4.78 is 4.88. The maximum atomic E-state index is 10.6. The molecule has 2 rings (SSSR count). The Kier molecular flexibility index (Phi) is 5.14. The molecule has 0 bridgehead atoms. The van der Waals surface area contributed by atoms with Crippen LogP contribution in [0.15, 0.2) is 36.4 Å². The van der Waals surface area contributed by atoms with Gasteiger partial charge >= 0.3 is 5.97 Å². The van der Waals surface area contributed by atoms with Crippen molar-refractivity contribution in [3.8, 4) is 0 Å². The summed E-state index contributed by atoms with van der Waals surface area (Å²) >= 11 is 0. The molecule has 2 aromatic rings. The molecule has 0 aliphatic rings. The van der Waals surface area contributed by atoms with Crippen molar-refractivity contribution in [3.63, 3.8) is 0 Å². The summed E-state index contributed by atoms with van der Waals surface area (Å²) in [6.45, 7) is 5.63. The van der Waals surface area contributed by atoms with Gasteiger partial charge in [0.05, 0.1) is 11.2 Å². The van der Waals surface area contributed by atoms with Crippen molar-refractivity contribution in [2.24, 2.45) is 0 Å². The van der Waals surface area contributed by atoms with Crippen LogP contribution in [0, 0.1) is 0 Å². The van der Waals surface area contributed by atoms with E-state index in [1.165, 1.54) is 6.92 Å². The highest BCUT2D eigenvalue weighted by molar-refractivity contribution is 5.78. The van der Waals surface area contributed by atoms with E-state index < -0.39 is 0 Å². The molecule has 0 N–H and O–H groups in total. The third kappa shape index (κ3) is 3.87. The summed E-state index contributed by atoms with van der Waals surface area (Å²) in [4.78, 5) is 15.0. The minimum atomic E-state index is -0.287. The number of ether oxygens (including phenoxy) is 1. The highest BCUT2D eigenvalue weighted by Crippen LogP contribution is 2.12. The third-order valence-corrected chi connectivity index (χ3v) is 2.08. The molecule has 90 valence electrons. The topological polar surface area (TPSA) is 39.2 Å². The SMILES string of the molecule is CC.CC(=O)OCc1ccc2ccccc2n1. The van der Waals surface area contributed by atoms with Crippen LogP contribution in [-0.2, 0) is 16.1 Å². The fraction of sp³-hybridized carbons (Fsp3) is 0.286. The standard InChI is InChI=1S/C12H11NO2.C2H6/c1-9(14)15-8-11-7-6-10-4-2-3-5-12(10)13-11;1-2/h2-7H,8H2,1H3;1-2H3. The van der Waals surface area contributed by atoms with Gasteiger partial charge in [0.2, 0.25) is 0 Å². The van der Waals surface area contributed by atoms with Gasteiger partial charge in [-0.3, -0.25) is 4.79 Å². The van der Waals surface area contributed by atoms with Crippen LogP contribution in [-0.4, -0.2) is 11.0 Å². The molecule has 0 amide bonds. The Morgan fingerprint density at radius 3 is 2.59 bits per heavy atom. The number of pyridine rings is 1. The number of carbonyl (C=O) groups is 1. The van der Waals surface area contributed by atoms with Crippen molar-refractivity contribution in [2.45, 2.75) is 27.4 Å². The zero-order valence-electron chi connectivity index (χ0n) is 10.4. The predicted molar refractivity (Wildman–Crippen MR) is 68.6 cm³/mol. The van der Waals surface area contributed by atoms with Crippen LogP contribution >= 0.6 is 0 Å². The Hall–Kier alpha value is -1.90. The molecule has 1 aromatic heterocycles. The Morgan fingerprint density at radius 1 is 1.18 bits per heavy atom. The van der Waals surface area contributed by atoms with Crippen LogP contribution < -0.4 is 0 Å². The average molecular weight is 231 g/mol. The predicted octanol–water partition coefficient (Wildman–Crippen LogP) is 3.32. The molecule has 1 aromatic carbocycles. The summed E-state index contributed by atoms with van der Waals surface area (Å²) in [5.74, 6) is -0.287. The van der Waals surface area contributed by atoms with E-state index in [4.69, 9.17) is 4.74 Å². The molecule has 3 nitrogen and oxygen atoms in total. The Bertz CT molecular complexity index is 494. The highest BCUT2D eigenvalue weighted by Gasteiger charge is 1.99. The van der Waals surface area contributed by atoms with Gasteiger partial charge in [0, 0.05) is 12.3 Å². The first-order chi connectivity index (χ1) is 8.25. The van der Waals surface area contributed by atoms with Crippen molar-refractivity contribution in [1.82, 2.24) is 4.98 Å². The van der Waals surface area contributed by atoms with E-state index in [-0.39, 0.29) is 12.6 Å². The summed E-state index contributed by atoms with van der Waals surface area (Å²) in [6.07, 6.45) is 0. The maximum Gasteiger partial charge on any atom is 0.303 e. The van der Waals surface area contributed by atoms with Crippen molar-refractivity contribution in [2.75, 3.05) is 0 Å². The molecule has 0 aliphatic heterocycles. The lowest BCUT2D eigenvalue weighted by Crippen LogP contribution is -2.00. The quantitative estimate of drug-likeness (QED) is 0.744. The van der Waals surface area contributed by atoms with E-state index in [1.54, 1.807) is 0 Å². The Morgan fingerprint density at radius 2 is 1.88 bits per heavy atom. The van der Waals surface area contributed by atoms with E-state index in [1.807, 2.05) is 50.2 Å². The number of rotatable bonds is 2. The lowest BCUT2D eigenvalue weighted by molar-refractivity contribution is -0.142. The monoisotopic (exact) mass is 231 g/mol. The zero-order valence-corrected chi connectivity index (χ0v) is 10.4. The van der Waals surface area contributed by atoms with Gasteiger partial charge in [0.1, 0.15) is 6.61 Å². The van der Waals surface area contributed by atoms with Gasteiger partial charge in [-0.1, -0.05) is 38.1 Å². The second-order valence-corrected chi connectivity index (χ2v) is 3.28. The molecule has 1 heterocycles. The van der Waals surface area contributed by atoms with Crippen molar-refractivity contribution in [3.05, 3.63) is 42.1 Å². The smallest absolute Gasteiger partial charge is 0.303 e. The summed E-state index contributed by atoms with van der Waals surface area (Å²) in [5, 5.41) is 1.09. The van der Waals surface area contributed by atoms with E-state index >= 15 is 0 Å². The number of para-hydroxylation sites is 1. The van der Waals surface area contributed by atoms with Gasteiger partial charge in [-0.15, -0.1) is 0 Å². The molecule has 0 spiro atoms. The van der Waals surface area contributed by atoms with E-state index in [2.05, 4.69) is 4.98 Å². The molecule has 0 fully saturated rings. The lowest BCUT2D eigenvalue weighted by Gasteiger charge is -2.02. The third-order valence-electron chi connectivity index (χ3n) is 2.08. The number of fused-ring (bicyclic) bond motifs is 1. The molecule has 17 heavy (non-hydrogen) atoms. The summed E-state index contributed by atoms with van der Waals surface area (Å²) in [7, 11) is 0. The Balaban J connectivity index is 0.000000686. The Labute approximate surface area is 101 Å². The first kappa shape index (κ1) is 13.2. The molecule has 0 saturated carbocycles. The fourth-order valence-corrected chi connectivity index (χ4v) is 1.36. The van der Waals surface area contributed by atoms with Crippen molar-refractivity contribution >= 4 is 16.9 Å². The number of esters is 1. The number of aromatic nitrogens is 1. The summed E-state index contributed by atoms with van der Waals surface area (Å²) in [5.41, 5.74) is 1.69. The van der Waals surface area contributed by atoms with E-state index in [9.17, 15) is 4.79 Å². The molecule has 3 heteroatoms. The second-order valence-electron chi connectivity index (χ2n) is 3.28. The highest BCUT2D eigenvalue weighted by atomic mass is 16.5. The molecule has 0 aliphatic carbocycles. The van der Waals surface area contributed by atoms with Gasteiger partial charge in [-0.2, -0.15) is 0 Å². The van der Waals surface area contributed by atoms with Gasteiger partial charge < -0.3 is 4.74 Å². The second kappa shape index (κ2) is 6.63. The first-order valence-electron chi connectivity index (χ1n) is 5.74. The van der Waals surface area contributed by atoms with Crippen LogP contribution in [0.5, 0.6) is 0 Å². The average Bonchev–Trinajstić information content (AvgIpc) is 2.38. The molecule has 0 saturated heterocycles. The zero-order chi connectivity index (χ0) is 12.7. The number of nitrogens with zero attached hydrogens (tertiary/aromatic N) is 1. The van der Waals surface area contributed by atoms with Crippen molar-refractivity contribution < 1.29 is 9.53 Å². The van der Waals surface area contributed by atoms with Gasteiger partial charge in [-0.25, -0.2) is 4.98 Å². The number of hydrogen-bond donors (Lipinski definition) is 0. The van der Waals surface area contributed by atoms with E-state index in [0.717, 1.165) is 16.6 Å². The fourth-order valence-electron chi connectivity index (χ4n) is 1.36. The molecule has 0 radical (unpaired) electrons. The van der Waals surface area contributed by atoms with Crippen molar-refractivity contribution in [1.29, 1.82) is 0 Å². The van der Waals surface area contributed by atoms with Crippen LogP contribution in [0.3, 0.4) is 0 Å². The van der Waals surface area contributed by atoms with Gasteiger partial charge in [0.15, 0.2) is 0 Å². The number of hydrogen-bond acceptors (Lipinski definition) is 3. The van der Waals surface area contributed by atoms with Crippen LogP contribution in [0.2, 0.25) is 0 Å². The van der Waals surface area contributed by atoms with Crippen LogP contribution in [0.1, 0.15) is 26.5 Å². The molecular formula is C14H17NO2. The molecule has 0 unspecified atom stereocenters. The molecule has 0 atom stereocenters. The minimum Gasteiger partial charge on any atom is -0.459 e. The van der Waals surface area contributed by atoms with Crippen LogP contribution in [0.25, 0.3) is 10.9 Å². The largest absolute Gasteiger partial charge is 0.459 e. The number of benzene rings is 1. The van der Waals surface area contributed by atoms with Gasteiger partial charge in [0.25, 0.3) is 0 Å². The lowest BCUT2D eigenvalue weighted by atomic mass is 10.2. The summed E-state index contributed by atoms with van der Waals surface area (Å²) in [6, 6.07) is 11.7. The maximum absolute atomic E-state index is 10.6. The normalized spacial score (nSPS) is 9.35. The van der Waals surface area contributed by atoms with Crippen LogP contribution in [0.4, 0.5) is 0 Å². The molecular weight excluding hydrogens is 214 g/mol. The van der Waals surface area contributed by atoms with E-state index in [0.29, 0.717) is 0 Å². The van der Waals surface area contributed by atoms with Gasteiger partial charge in [-0.05, 0) is 12.1 Å². The first-order valence-corrected chi connectivity index (χ1v) is 5.74.